The SMILES string of the molecule is Cc1cc(Oc2cccc(C)c2F)c(/C(N)=N/O)c(C)n1. The number of nitrogens with two attached hydrogens (primary N) is 1. The van der Waals surface area contributed by atoms with Crippen molar-refractivity contribution < 1.29 is 14.3 Å². The summed E-state index contributed by atoms with van der Waals surface area (Å²) in [5, 5.41) is 11.8. The molecule has 2 rings (SSSR count). The number of halogens is 1. The van der Waals surface area contributed by atoms with Crippen LogP contribution in [0, 0.1) is 26.6 Å². The van der Waals surface area contributed by atoms with E-state index in [4.69, 9.17) is 15.7 Å². The van der Waals surface area contributed by atoms with E-state index in [1.807, 2.05) is 0 Å². The summed E-state index contributed by atoms with van der Waals surface area (Å²) in [5.74, 6) is -0.218. The van der Waals surface area contributed by atoms with Gasteiger partial charge in [-0.2, -0.15) is 0 Å². The molecule has 0 bridgehead atoms. The Morgan fingerprint density at radius 2 is 2.00 bits per heavy atom. The van der Waals surface area contributed by atoms with Gasteiger partial charge in [-0.15, -0.1) is 0 Å². The lowest BCUT2D eigenvalue weighted by molar-refractivity contribution is 0.318. The number of oxime groups is 1. The molecule has 0 aliphatic rings. The van der Waals surface area contributed by atoms with Gasteiger partial charge in [0.05, 0.1) is 11.3 Å². The minimum absolute atomic E-state index is 0.0759. The summed E-state index contributed by atoms with van der Waals surface area (Å²) >= 11 is 0. The molecule has 0 fully saturated rings. The van der Waals surface area contributed by atoms with Gasteiger partial charge in [-0.3, -0.25) is 4.98 Å². The summed E-state index contributed by atoms with van der Waals surface area (Å²) in [6.07, 6.45) is 0. The number of aromatic nitrogens is 1. The van der Waals surface area contributed by atoms with Crippen LogP contribution in [0.5, 0.6) is 11.5 Å². The van der Waals surface area contributed by atoms with E-state index >= 15 is 0 Å². The summed E-state index contributed by atoms with van der Waals surface area (Å²) in [5.41, 5.74) is 7.68. The number of amidine groups is 1. The Hall–Kier alpha value is -2.63. The van der Waals surface area contributed by atoms with Crippen LogP contribution in [0.4, 0.5) is 4.39 Å². The highest BCUT2D eigenvalue weighted by Crippen LogP contribution is 2.30. The number of aryl methyl sites for hydroxylation is 3. The first-order valence-corrected chi connectivity index (χ1v) is 6.33. The van der Waals surface area contributed by atoms with Crippen molar-refractivity contribution in [2.75, 3.05) is 0 Å². The number of rotatable bonds is 3. The maximum atomic E-state index is 14.1. The predicted octanol–water partition coefficient (Wildman–Crippen LogP) is 3.03. The van der Waals surface area contributed by atoms with Crippen molar-refractivity contribution in [2.45, 2.75) is 20.8 Å². The Bertz CT molecular complexity index is 714. The molecule has 3 N–H and O–H groups in total. The minimum atomic E-state index is -0.449. The third-order valence-electron chi connectivity index (χ3n) is 3.03. The normalized spacial score (nSPS) is 11.5. The Labute approximate surface area is 121 Å². The molecule has 0 unspecified atom stereocenters. The molecule has 6 heteroatoms. The van der Waals surface area contributed by atoms with Gasteiger partial charge >= 0.3 is 0 Å². The zero-order valence-electron chi connectivity index (χ0n) is 12.0. The van der Waals surface area contributed by atoms with Crippen molar-refractivity contribution in [2.24, 2.45) is 10.9 Å². The first-order valence-electron chi connectivity index (χ1n) is 6.33. The van der Waals surface area contributed by atoms with Gasteiger partial charge in [-0.25, -0.2) is 4.39 Å². The van der Waals surface area contributed by atoms with E-state index < -0.39 is 5.82 Å². The van der Waals surface area contributed by atoms with Gasteiger partial charge in [0.25, 0.3) is 0 Å². The average Bonchev–Trinajstić information content (AvgIpc) is 2.42. The largest absolute Gasteiger partial charge is 0.453 e. The fourth-order valence-electron chi connectivity index (χ4n) is 2.05. The Kier molecular flexibility index (Phi) is 4.07. The molecule has 0 atom stereocenters. The van der Waals surface area contributed by atoms with Gasteiger partial charge in [-0.05, 0) is 32.4 Å². The number of hydrogen-bond donors (Lipinski definition) is 2. The van der Waals surface area contributed by atoms with Crippen molar-refractivity contribution in [1.82, 2.24) is 4.98 Å². The van der Waals surface area contributed by atoms with E-state index in [-0.39, 0.29) is 11.6 Å². The van der Waals surface area contributed by atoms with Crippen molar-refractivity contribution in [1.29, 1.82) is 0 Å². The zero-order chi connectivity index (χ0) is 15.6. The van der Waals surface area contributed by atoms with Gasteiger partial charge in [0.2, 0.25) is 0 Å². The molecule has 0 aliphatic heterocycles. The van der Waals surface area contributed by atoms with Crippen molar-refractivity contribution >= 4 is 5.84 Å². The highest BCUT2D eigenvalue weighted by Gasteiger charge is 2.16. The standard InChI is InChI=1S/C15H16FN3O2/c1-8-5-4-6-11(14(8)16)21-12-7-9(2)18-10(3)13(12)15(17)19-20/h4-7,20H,1-3H3,(H2,17,19). The van der Waals surface area contributed by atoms with E-state index in [2.05, 4.69) is 10.1 Å². The van der Waals surface area contributed by atoms with Crippen LogP contribution < -0.4 is 10.5 Å². The van der Waals surface area contributed by atoms with Crippen LogP contribution in [0.1, 0.15) is 22.5 Å². The van der Waals surface area contributed by atoms with Crippen LogP contribution in [0.25, 0.3) is 0 Å². The number of pyridine rings is 1. The fraction of sp³-hybridized carbons (Fsp3) is 0.200. The van der Waals surface area contributed by atoms with E-state index in [9.17, 15) is 4.39 Å². The molecule has 110 valence electrons. The topological polar surface area (TPSA) is 80.7 Å². The first-order chi connectivity index (χ1) is 9.93. The fourth-order valence-corrected chi connectivity index (χ4v) is 2.05. The summed E-state index contributed by atoms with van der Waals surface area (Å²) in [6, 6.07) is 6.47. The van der Waals surface area contributed by atoms with Crippen LogP contribution in [0.3, 0.4) is 0 Å². The predicted molar refractivity (Wildman–Crippen MR) is 77.4 cm³/mol. The van der Waals surface area contributed by atoms with Gasteiger partial charge in [0, 0.05) is 11.8 Å². The molecule has 0 saturated carbocycles. The Morgan fingerprint density at radius 1 is 1.29 bits per heavy atom. The summed E-state index contributed by atoms with van der Waals surface area (Å²) in [4.78, 5) is 4.24. The molecule has 1 aromatic carbocycles. The number of ether oxygens (including phenoxy) is 1. The minimum Gasteiger partial charge on any atom is -0.453 e. The second kappa shape index (κ2) is 5.78. The number of benzene rings is 1. The maximum Gasteiger partial charge on any atom is 0.175 e. The third-order valence-corrected chi connectivity index (χ3v) is 3.03. The van der Waals surface area contributed by atoms with E-state index in [1.54, 1.807) is 39.0 Å². The van der Waals surface area contributed by atoms with Gasteiger partial charge in [0.15, 0.2) is 17.4 Å². The number of nitrogens with zero attached hydrogens (tertiary/aromatic N) is 2. The van der Waals surface area contributed by atoms with Crippen LogP contribution in [0.15, 0.2) is 29.4 Å². The van der Waals surface area contributed by atoms with Crippen molar-refractivity contribution in [3.05, 3.63) is 52.6 Å². The molecule has 0 saturated heterocycles. The van der Waals surface area contributed by atoms with Gasteiger partial charge in [0.1, 0.15) is 5.75 Å². The highest BCUT2D eigenvalue weighted by molar-refractivity contribution is 6.00. The molecule has 1 heterocycles. The average molecular weight is 289 g/mol. The lowest BCUT2D eigenvalue weighted by Gasteiger charge is -2.14. The molecule has 0 spiro atoms. The maximum absolute atomic E-state index is 14.1. The van der Waals surface area contributed by atoms with Crippen molar-refractivity contribution in [3.63, 3.8) is 0 Å². The zero-order valence-corrected chi connectivity index (χ0v) is 12.0. The summed E-state index contributed by atoms with van der Waals surface area (Å²) in [6.45, 7) is 5.14. The lowest BCUT2D eigenvalue weighted by atomic mass is 10.1. The molecule has 5 nitrogen and oxygen atoms in total. The molecule has 0 aliphatic carbocycles. The lowest BCUT2D eigenvalue weighted by Crippen LogP contribution is -2.17. The smallest absolute Gasteiger partial charge is 0.175 e. The molecule has 0 radical (unpaired) electrons. The van der Waals surface area contributed by atoms with Crippen LogP contribution in [-0.4, -0.2) is 16.0 Å². The quantitative estimate of drug-likeness (QED) is 0.394. The van der Waals surface area contributed by atoms with Crippen LogP contribution in [-0.2, 0) is 0 Å². The molecule has 21 heavy (non-hydrogen) atoms. The van der Waals surface area contributed by atoms with Gasteiger partial charge in [-0.1, -0.05) is 17.3 Å². The van der Waals surface area contributed by atoms with E-state index in [0.717, 1.165) is 0 Å². The summed E-state index contributed by atoms with van der Waals surface area (Å²) < 4.78 is 19.7. The van der Waals surface area contributed by atoms with E-state index in [0.29, 0.717) is 28.3 Å². The molecule has 0 amide bonds. The second-order valence-corrected chi connectivity index (χ2v) is 4.70. The van der Waals surface area contributed by atoms with Crippen LogP contribution >= 0.6 is 0 Å². The molecular weight excluding hydrogens is 273 g/mol. The second-order valence-electron chi connectivity index (χ2n) is 4.70. The first kappa shape index (κ1) is 14.8. The molecule has 2 aromatic rings. The van der Waals surface area contributed by atoms with Gasteiger partial charge < -0.3 is 15.7 Å². The molecule has 1 aromatic heterocycles. The third kappa shape index (κ3) is 2.94. The number of hydrogen-bond acceptors (Lipinski definition) is 4. The molecular formula is C15H16FN3O2. The Balaban J connectivity index is 2.56. The monoisotopic (exact) mass is 289 g/mol. The highest BCUT2D eigenvalue weighted by atomic mass is 19.1. The van der Waals surface area contributed by atoms with E-state index in [1.165, 1.54) is 6.07 Å². The van der Waals surface area contributed by atoms with Crippen molar-refractivity contribution in [3.8, 4) is 11.5 Å². The summed E-state index contributed by atoms with van der Waals surface area (Å²) in [7, 11) is 0. The Morgan fingerprint density at radius 3 is 2.67 bits per heavy atom. The van der Waals surface area contributed by atoms with Crippen LogP contribution in [0.2, 0.25) is 0 Å².